The standard InChI is InChI=1S/C21H29N3O3S2/c1-16-7-8-17(2)20(14-16)29(26,27)23-10-9-21(25)22-15-18(19-6-5-13-28-19)24-11-3-4-12-24/h5-8,13-14,18,23H,3-4,9-12,15H2,1-2H3,(H,22,25). The summed E-state index contributed by atoms with van der Waals surface area (Å²) in [5.74, 6) is -0.144. The Balaban J connectivity index is 1.51. The average Bonchev–Trinajstić information content (AvgIpc) is 3.38. The van der Waals surface area contributed by atoms with Gasteiger partial charge in [-0.15, -0.1) is 11.3 Å². The highest BCUT2D eigenvalue weighted by molar-refractivity contribution is 7.89. The number of benzene rings is 1. The number of rotatable bonds is 9. The average molecular weight is 436 g/mol. The summed E-state index contributed by atoms with van der Waals surface area (Å²) >= 11 is 1.71. The molecule has 2 heterocycles. The molecule has 0 radical (unpaired) electrons. The maximum atomic E-state index is 12.5. The predicted molar refractivity (Wildman–Crippen MR) is 117 cm³/mol. The maximum absolute atomic E-state index is 12.5. The molecule has 8 heteroatoms. The Kier molecular flexibility index (Phi) is 7.45. The molecule has 0 aliphatic carbocycles. The van der Waals surface area contributed by atoms with Gasteiger partial charge in [0.25, 0.3) is 0 Å². The Morgan fingerprint density at radius 1 is 1.21 bits per heavy atom. The van der Waals surface area contributed by atoms with Crippen molar-refractivity contribution in [2.75, 3.05) is 26.2 Å². The minimum atomic E-state index is -3.63. The number of hydrogen-bond acceptors (Lipinski definition) is 5. The van der Waals surface area contributed by atoms with Gasteiger partial charge < -0.3 is 5.32 Å². The van der Waals surface area contributed by atoms with E-state index in [0.717, 1.165) is 18.7 Å². The highest BCUT2D eigenvalue weighted by atomic mass is 32.2. The van der Waals surface area contributed by atoms with E-state index >= 15 is 0 Å². The zero-order valence-electron chi connectivity index (χ0n) is 17.0. The molecule has 1 amide bonds. The van der Waals surface area contributed by atoms with E-state index in [1.54, 1.807) is 30.4 Å². The quantitative estimate of drug-likeness (QED) is 0.635. The zero-order chi connectivity index (χ0) is 20.9. The number of carbonyl (C=O) groups is 1. The summed E-state index contributed by atoms with van der Waals surface area (Å²) in [6.45, 7) is 6.35. The van der Waals surface area contributed by atoms with E-state index < -0.39 is 10.0 Å². The van der Waals surface area contributed by atoms with E-state index in [9.17, 15) is 13.2 Å². The molecule has 2 N–H and O–H groups in total. The summed E-state index contributed by atoms with van der Waals surface area (Å²) in [5, 5.41) is 5.04. The summed E-state index contributed by atoms with van der Waals surface area (Å²) < 4.78 is 27.6. The first kappa shape index (κ1) is 22.0. The lowest BCUT2D eigenvalue weighted by Gasteiger charge is -2.26. The number of likely N-dealkylation sites (tertiary alicyclic amines) is 1. The number of carbonyl (C=O) groups excluding carboxylic acids is 1. The summed E-state index contributed by atoms with van der Waals surface area (Å²) in [5.41, 5.74) is 1.58. The second-order valence-corrected chi connectivity index (χ2v) is 10.2. The lowest BCUT2D eigenvalue weighted by molar-refractivity contribution is -0.121. The smallest absolute Gasteiger partial charge is 0.240 e. The van der Waals surface area contributed by atoms with Gasteiger partial charge in [-0.3, -0.25) is 9.69 Å². The van der Waals surface area contributed by atoms with Crippen LogP contribution in [-0.2, 0) is 14.8 Å². The number of nitrogens with one attached hydrogen (secondary N) is 2. The van der Waals surface area contributed by atoms with E-state index in [4.69, 9.17) is 0 Å². The molecule has 0 saturated carbocycles. The molecule has 158 valence electrons. The van der Waals surface area contributed by atoms with Crippen molar-refractivity contribution in [2.24, 2.45) is 0 Å². The van der Waals surface area contributed by atoms with Gasteiger partial charge in [0.05, 0.1) is 10.9 Å². The molecule has 1 unspecified atom stereocenters. The molecule has 6 nitrogen and oxygen atoms in total. The second kappa shape index (κ2) is 9.84. The first-order valence-electron chi connectivity index (χ1n) is 9.98. The number of hydrogen-bond donors (Lipinski definition) is 2. The third kappa shape index (κ3) is 5.88. The fraction of sp³-hybridized carbons (Fsp3) is 0.476. The monoisotopic (exact) mass is 435 g/mol. The Hall–Kier alpha value is -1.74. The number of thiophene rings is 1. The van der Waals surface area contributed by atoms with Gasteiger partial charge >= 0.3 is 0 Å². The van der Waals surface area contributed by atoms with Gasteiger partial charge in [0.2, 0.25) is 15.9 Å². The number of aryl methyl sites for hydroxylation is 2. The Labute approximate surface area is 177 Å². The minimum Gasteiger partial charge on any atom is -0.354 e. The van der Waals surface area contributed by atoms with Crippen molar-refractivity contribution < 1.29 is 13.2 Å². The van der Waals surface area contributed by atoms with E-state index in [2.05, 4.69) is 26.4 Å². The largest absolute Gasteiger partial charge is 0.354 e. The Morgan fingerprint density at radius 3 is 2.66 bits per heavy atom. The number of amides is 1. The lowest BCUT2D eigenvalue weighted by atomic mass is 10.2. The summed E-state index contributed by atoms with van der Waals surface area (Å²) in [4.78, 5) is 16.2. The first-order chi connectivity index (χ1) is 13.9. The molecular weight excluding hydrogens is 406 g/mol. The van der Waals surface area contributed by atoms with E-state index in [0.29, 0.717) is 12.1 Å². The van der Waals surface area contributed by atoms with Crippen LogP contribution in [-0.4, -0.2) is 45.4 Å². The van der Waals surface area contributed by atoms with Gasteiger partial charge in [0, 0.05) is 24.4 Å². The number of sulfonamides is 1. The highest BCUT2D eigenvalue weighted by Gasteiger charge is 2.24. The van der Waals surface area contributed by atoms with Crippen LogP contribution in [0.4, 0.5) is 0 Å². The third-order valence-corrected chi connectivity index (χ3v) is 7.80. The van der Waals surface area contributed by atoms with Crippen molar-refractivity contribution in [3.05, 3.63) is 51.7 Å². The Bertz CT molecular complexity index is 921. The highest BCUT2D eigenvalue weighted by Crippen LogP contribution is 2.27. The molecular formula is C21H29N3O3S2. The number of nitrogens with zero attached hydrogens (tertiary/aromatic N) is 1. The molecule has 0 spiro atoms. The van der Waals surface area contributed by atoms with E-state index in [1.165, 1.54) is 17.7 Å². The van der Waals surface area contributed by atoms with Crippen LogP contribution >= 0.6 is 11.3 Å². The lowest BCUT2D eigenvalue weighted by Crippen LogP contribution is -2.37. The molecule has 1 aromatic heterocycles. The molecule has 3 rings (SSSR count). The summed E-state index contributed by atoms with van der Waals surface area (Å²) in [7, 11) is -3.63. The molecule has 1 fully saturated rings. The van der Waals surface area contributed by atoms with Crippen LogP contribution in [0.25, 0.3) is 0 Å². The summed E-state index contributed by atoms with van der Waals surface area (Å²) in [6.07, 6.45) is 2.49. The van der Waals surface area contributed by atoms with Crippen molar-refractivity contribution in [3.8, 4) is 0 Å². The van der Waals surface area contributed by atoms with Crippen LogP contribution in [0.15, 0.2) is 40.6 Å². The van der Waals surface area contributed by atoms with Crippen LogP contribution in [0.3, 0.4) is 0 Å². The van der Waals surface area contributed by atoms with Crippen molar-refractivity contribution in [1.29, 1.82) is 0 Å². The van der Waals surface area contributed by atoms with Gasteiger partial charge in [-0.1, -0.05) is 18.2 Å². The molecule has 2 aromatic rings. The van der Waals surface area contributed by atoms with Gasteiger partial charge in [-0.05, 0) is 68.4 Å². The molecule has 1 saturated heterocycles. The molecule has 1 atom stereocenters. The van der Waals surface area contributed by atoms with Crippen LogP contribution in [0.5, 0.6) is 0 Å². The summed E-state index contributed by atoms with van der Waals surface area (Å²) in [6, 6.07) is 9.66. The second-order valence-electron chi connectivity index (χ2n) is 7.50. The van der Waals surface area contributed by atoms with Crippen LogP contribution in [0, 0.1) is 13.8 Å². The van der Waals surface area contributed by atoms with Gasteiger partial charge in [-0.2, -0.15) is 0 Å². The van der Waals surface area contributed by atoms with Crippen molar-refractivity contribution in [2.45, 2.75) is 44.0 Å². The molecule has 0 bridgehead atoms. The Morgan fingerprint density at radius 2 is 1.97 bits per heavy atom. The molecule has 1 aliphatic heterocycles. The molecule has 1 aromatic carbocycles. The van der Waals surface area contributed by atoms with E-state index in [1.807, 2.05) is 19.1 Å². The van der Waals surface area contributed by atoms with Gasteiger partial charge in [0.15, 0.2) is 0 Å². The SMILES string of the molecule is Cc1ccc(C)c(S(=O)(=O)NCCC(=O)NCC(c2cccs2)N2CCCC2)c1. The maximum Gasteiger partial charge on any atom is 0.240 e. The van der Waals surface area contributed by atoms with Gasteiger partial charge in [0.1, 0.15) is 0 Å². The fourth-order valence-corrected chi connectivity index (χ4v) is 5.84. The zero-order valence-corrected chi connectivity index (χ0v) is 18.6. The van der Waals surface area contributed by atoms with Gasteiger partial charge in [-0.25, -0.2) is 13.1 Å². The van der Waals surface area contributed by atoms with Crippen LogP contribution in [0.2, 0.25) is 0 Å². The topological polar surface area (TPSA) is 78.5 Å². The van der Waals surface area contributed by atoms with Crippen molar-refractivity contribution in [1.82, 2.24) is 14.9 Å². The van der Waals surface area contributed by atoms with E-state index in [-0.39, 0.29) is 29.8 Å². The fourth-order valence-electron chi connectivity index (χ4n) is 3.62. The first-order valence-corrected chi connectivity index (χ1v) is 12.3. The molecule has 1 aliphatic rings. The van der Waals surface area contributed by atoms with Crippen LogP contribution in [0.1, 0.15) is 41.3 Å². The van der Waals surface area contributed by atoms with Crippen molar-refractivity contribution >= 4 is 27.3 Å². The minimum absolute atomic E-state index is 0.0783. The predicted octanol–water partition coefficient (Wildman–Crippen LogP) is 2.99. The molecule has 29 heavy (non-hydrogen) atoms. The van der Waals surface area contributed by atoms with Crippen LogP contribution < -0.4 is 10.0 Å². The normalized spacial score (nSPS) is 16.1. The third-order valence-electron chi connectivity index (χ3n) is 5.22. The van der Waals surface area contributed by atoms with Crippen molar-refractivity contribution in [3.63, 3.8) is 0 Å².